The summed E-state index contributed by atoms with van der Waals surface area (Å²) >= 11 is 0. The average Bonchev–Trinajstić information content (AvgIpc) is 3.20. The van der Waals surface area contributed by atoms with Crippen molar-refractivity contribution in [2.45, 2.75) is 19.4 Å². The van der Waals surface area contributed by atoms with Gasteiger partial charge in [-0.05, 0) is 31.5 Å². The third kappa shape index (κ3) is 4.01. The second-order valence-corrected chi connectivity index (χ2v) is 7.17. The molecule has 4 heterocycles. The van der Waals surface area contributed by atoms with Gasteiger partial charge in [-0.25, -0.2) is 9.97 Å². The van der Waals surface area contributed by atoms with Crippen LogP contribution < -0.4 is 15.6 Å². The van der Waals surface area contributed by atoms with Gasteiger partial charge in [0.2, 0.25) is 5.95 Å². The first kappa shape index (κ1) is 18.8. The minimum atomic E-state index is -0.245. The molecule has 0 aromatic carbocycles. The maximum Gasteiger partial charge on any atom is 0.268 e. The zero-order chi connectivity index (χ0) is 20.4. The molecule has 3 aromatic heterocycles. The van der Waals surface area contributed by atoms with Crippen LogP contribution in [-0.2, 0) is 7.05 Å². The molecule has 1 amide bonds. The van der Waals surface area contributed by atoms with Gasteiger partial charge in [-0.15, -0.1) is 0 Å². The number of amides is 1. The molecule has 1 unspecified atom stereocenters. The van der Waals surface area contributed by atoms with Crippen LogP contribution in [0, 0.1) is 6.92 Å². The van der Waals surface area contributed by atoms with Crippen molar-refractivity contribution in [1.29, 1.82) is 0 Å². The van der Waals surface area contributed by atoms with Crippen molar-refractivity contribution >= 4 is 11.9 Å². The summed E-state index contributed by atoms with van der Waals surface area (Å²) in [5, 5.41) is 3.03. The summed E-state index contributed by atoms with van der Waals surface area (Å²) in [6, 6.07) is 8.53. The lowest BCUT2D eigenvalue weighted by Crippen LogP contribution is -2.39. The summed E-state index contributed by atoms with van der Waals surface area (Å²) in [6.45, 7) is 3.16. The molecule has 1 aliphatic rings. The van der Waals surface area contributed by atoms with Crippen molar-refractivity contribution in [2.24, 2.45) is 7.05 Å². The van der Waals surface area contributed by atoms with Gasteiger partial charge in [0.05, 0.1) is 5.69 Å². The van der Waals surface area contributed by atoms with E-state index in [0.29, 0.717) is 18.2 Å². The monoisotopic (exact) mass is 390 g/mol. The Morgan fingerprint density at radius 1 is 1.24 bits per heavy atom. The number of nitrogens with one attached hydrogen (secondary N) is 1. The smallest absolute Gasteiger partial charge is 0.268 e. The number of hydrogen-bond donors (Lipinski definition) is 1. The number of nitrogens with zero attached hydrogens (tertiary/aromatic N) is 5. The molecule has 1 N–H and O–H groups in total. The molecule has 4 rings (SSSR count). The van der Waals surface area contributed by atoms with Gasteiger partial charge in [0.1, 0.15) is 5.69 Å². The van der Waals surface area contributed by atoms with Crippen molar-refractivity contribution in [2.75, 3.05) is 18.0 Å². The summed E-state index contributed by atoms with van der Waals surface area (Å²) in [4.78, 5) is 39.7. The molecule has 0 bridgehead atoms. The average molecular weight is 390 g/mol. The Labute approximate surface area is 168 Å². The zero-order valence-electron chi connectivity index (χ0n) is 16.4. The summed E-state index contributed by atoms with van der Waals surface area (Å²) in [5.41, 5.74) is 2.69. The second-order valence-electron chi connectivity index (χ2n) is 7.17. The van der Waals surface area contributed by atoms with Crippen molar-refractivity contribution < 1.29 is 4.79 Å². The first-order chi connectivity index (χ1) is 14.0. The molecule has 1 atom stereocenters. The summed E-state index contributed by atoms with van der Waals surface area (Å²) in [7, 11) is 1.78. The summed E-state index contributed by atoms with van der Waals surface area (Å²) < 4.78 is 1.73. The summed E-state index contributed by atoms with van der Waals surface area (Å²) in [5.74, 6) is 0.385. The van der Waals surface area contributed by atoms with Crippen LogP contribution in [0.15, 0.2) is 53.7 Å². The molecular weight excluding hydrogens is 368 g/mol. The number of aryl methyl sites for hydroxylation is 1. The lowest BCUT2D eigenvalue weighted by atomic mass is 10.2. The van der Waals surface area contributed by atoms with Crippen LogP contribution in [-0.4, -0.2) is 44.6 Å². The molecule has 29 heavy (non-hydrogen) atoms. The lowest BCUT2D eigenvalue weighted by molar-refractivity contribution is 0.0931. The first-order valence-electron chi connectivity index (χ1n) is 9.48. The number of carbonyl (C=O) groups excluding carboxylic acids is 1. The highest BCUT2D eigenvalue weighted by Gasteiger charge is 2.26. The fourth-order valence-electron chi connectivity index (χ4n) is 3.48. The van der Waals surface area contributed by atoms with Crippen molar-refractivity contribution in [1.82, 2.24) is 24.8 Å². The normalized spacial score (nSPS) is 16.1. The van der Waals surface area contributed by atoms with Gasteiger partial charge in [-0.2, -0.15) is 0 Å². The van der Waals surface area contributed by atoms with Crippen LogP contribution >= 0.6 is 0 Å². The van der Waals surface area contributed by atoms with E-state index in [0.717, 1.165) is 29.9 Å². The Bertz CT molecular complexity index is 1100. The van der Waals surface area contributed by atoms with Crippen LogP contribution in [0.2, 0.25) is 0 Å². The predicted octanol–water partition coefficient (Wildman–Crippen LogP) is 1.55. The van der Waals surface area contributed by atoms with Gasteiger partial charge in [-0.3, -0.25) is 14.6 Å². The highest BCUT2D eigenvalue weighted by molar-refractivity contribution is 5.92. The van der Waals surface area contributed by atoms with Crippen molar-refractivity contribution in [3.05, 3.63) is 70.5 Å². The number of carbonyl (C=O) groups is 1. The van der Waals surface area contributed by atoms with Crippen LogP contribution in [0.1, 0.15) is 22.6 Å². The van der Waals surface area contributed by atoms with Gasteiger partial charge in [0.15, 0.2) is 5.43 Å². The van der Waals surface area contributed by atoms with E-state index in [1.165, 1.54) is 12.1 Å². The molecule has 0 spiro atoms. The van der Waals surface area contributed by atoms with Crippen LogP contribution in [0.3, 0.4) is 0 Å². The standard InChI is InChI=1S/C21H22N6O2/c1-14-10-17(28)11-19(26(14)2)20(29)24-16-6-9-27(13-16)21-23-8-5-18(25-21)15-4-3-7-22-12-15/h3-5,7-8,10-12,16H,6,9,13H2,1-2H3,(H,24,29). The molecule has 8 heteroatoms. The third-order valence-electron chi connectivity index (χ3n) is 5.16. The molecule has 3 aromatic rings. The number of aromatic nitrogens is 4. The third-order valence-corrected chi connectivity index (χ3v) is 5.16. The van der Waals surface area contributed by atoms with Crippen LogP contribution in [0.25, 0.3) is 11.3 Å². The summed E-state index contributed by atoms with van der Waals surface area (Å²) in [6.07, 6.45) is 6.01. The van der Waals surface area contributed by atoms with E-state index in [9.17, 15) is 9.59 Å². The van der Waals surface area contributed by atoms with Gasteiger partial charge < -0.3 is 14.8 Å². The van der Waals surface area contributed by atoms with E-state index in [1.54, 1.807) is 30.2 Å². The Morgan fingerprint density at radius 3 is 2.90 bits per heavy atom. The molecule has 148 valence electrons. The topological polar surface area (TPSA) is 93.0 Å². The number of pyridine rings is 2. The van der Waals surface area contributed by atoms with Gasteiger partial charge in [-0.1, -0.05) is 0 Å². The maximum absolute atomic E-state index is 12.7. The Balaban J connectivity index is 1.46. The van der Waals surface area contributed by atoms with Crippen molar-refractivity contribution in [3.8, 4) is 11.3 Å². The van der Waals surface area contributed by atoms with E-state index in [-0.39, 0.29) is 17.4 Å². The fraction of sp³-hybridized carbons (Fsp3) is 0.286. The fourth-order valence-corrected chi connectivity index (χ4v) is 3.48. The molecule has 1 aliphatic heterocycles. The maximum atomic E-state index is 12.7. The Hall–Kier alpha value is -3.55. The Morgan fingerprint density at radius 2 is 2.10 bits per heavy atom. The molecule has 0 radical (unpaired) electrons. The molecule has 1 saturated heterocycles. The van der Waals surface area contributed by atoms with Crippen molar-refractivity contribution in [3.63, 3.8) is 0 Å². The molecular formula is C21H22N6O2. The van der Waals surface area contributed by atoms with Crippen LogP contribution in [0.4, 0.5) is 5.95 Å². The number of anilines is 1. The van der Waals surface area contributed by atoms with E-state index in [2.05, 4.69) is 25.2 Å². The Kier molecular flexibility index (Phi) is 5.07. The lowest BCUT2D eigenvalue weighted by Gasteiger charge is -2.18. The van der Waals surface area contributed by atoms with E-state index < -0.39 is 0 Å². The quantitative estimate of drug-likeness (QED) is 0.727. The van der Waals surface area contributed by atoms with Gasteiger partial charge >= 0.3 is 0 Å². The van der Waals surface area contributed by atoms with Crippen LogP contribution in [0.5, 0.6) is 0 Å². The first-order valence-corrected chi connectivity index (χ1v) is 9.48. The van der Waals surface area contributed by atoms with E-state index in [1.807, 2.05) is 25.1 Å². The SMILES string of the molecule is Cc1cc(=O)cc(C(=O)NC2CCN(c3nccc(-c4cccnc4)n3)C2)n1C. The molecule has 8 nitrogen and oxygen atoms in total. The minimum Gasteiger partial charge on any atom is -0.346 e. The molecule has 1 fully saturated rings. The highest BCUT2D eigenvalue weighted by atomic mass is 16.2. The largest absolute Gasteiger partial charge is 0.346 e. The number of hydrogen-bond acceptors (Lipinski definition) is 6. The second kappa shape index (κ2) is 7.83. The van der Waals surface area contributed by atoms with Gasteiger partial charge in [0, 0.05) is 68.2 Å². The predicted molar refractivity (Wildman–Crippen MR) is 110 cm³/mol. The molecule has 0 saturated carbocycles. The van der Waals surface area contributed by atoms with E-state index >= 15 is 0 Å². The van der Waals surface area contributed by atoms with E-state index in [4.69, 9.17) is 0 Å². The zero-order valence-corrected chi connectivity index (χ0v) is 16.4. The highest BCUT2D eigenvalue weighted by Crippen LogP contribution is 2.21. The number of rotatable bonds is 4. The van der Waals surface area contributed by atoms with Gasteiger partial charge in [0.25, 0.3) is 5.91 Å². The minimum absolute atomic E-state index is 0.0382. The molecule has 0 aliphatic carbocycles.